The van der Waals surface area contributed by atoms with Crippen LogP contribution < -0.4 is 20.3 Å². The fourth-order valence-corrected chi connectivity index (χ4v) is 6.65. The molecule has 2 atom stereocenters. The van der Waals surface area contributed by atoms with Crippen molar-refractivity contribution in [3.8, 4) is 5.75 Å². The number of carbonyl (C=O) groups is 1. The lowest BCUT2D eigenvalue weighted by Gasteiger charge is -2.47. The van der Waals surface area contributed by atoms with Gasteiger partial charge in [0.1, 0.15) is 5.75 Å². The average molecular weight is 605 g/mol. The van der Waals surface area contributed by atoms with Crippen LogP contribution in [0.3, 0.4) is 0 Å². The third-order valence-electron chi connectivity index (χ3n) is 7.74. The highest BCUT2D eigenvalue weighted by atomic mass is 32.1. The number of amides is 1. The number of carbonyl (C=O) groups excluding carboxylic acids is 1. The number of ether oxygens (including phenoxy) is 2. The number of nitrogens with one attached hydrogen (secondary N) is 2. The first-order chi connectivity index (χ1) is 20.2. The number of halogens is 3. The SMILES string of the molecule is O=C(CC1CC2(CO1)CN(Cc1cccc(OC(F)(F)F)c1)C2)Nc1nnc(NC[C@@H]2CCN(c3cccnn3)C2)s1. The van der Waals surface area contributed by atoms with Gasteiger partial charge in [-0.2, -0.15) is 5.10 Å². The van der Waals surface area contributed by atoms with Crippen LogP contribution in [0.4, 0.5) is 29.3 Å². The number of likely N-dealkylation sites (tertiary alicyclic amines) is 1. The Morgan fingerprint density at radius 2 is 2.02 bits per heavy atom. The predicted molar refractivity (Wildman–Crippen MR) is 149 cm³/mol. The molecule has 1 unspecified atom stereocenters. The standard InChI is InChI=1S/C27H31F3N8O3S/c28-27(29,30)41-20-4-1-3-18(9-20)13-37-15-26(16-37)11-21(40-17-26)10-23(39)33-25-36-35-24(42-25)31-12-19-6-8-38(14-19)22-5-2-7-32-34-22/h1-5,7,9,19,21H,6,8,10-17H2,(H,31,35)(H,33,36,39)/t19-,21?/m0/s1. The third-order valence-corrected chi connectivity index (χ3v) is 8.53. The Morgan fingerprint density at radius 1 is 1.17 bits per heavy atom. The van der Waals surface area contributed by atoms with Gasteiger partial charge in [-0.3, -0.25) is 9.69 Å². The number of alkyl halides is 3. The molecule has 0 bridgehead atoms. The zero-order valence-corrected chi connectivity index (χ0v) is 23.5. The van der Waals surface area contributed by atoms with Crippen LogP contribution in [0.15, 0.2) is 42.6 Å². The first kappa shape index (κ1) is 28.6. The summed E-state index contributed by atoms with van der Waals surface area (Å²) < 4.78 is 47.5. The molecule has 0 saturated carbocycles. The first-order valence-electron chi connectivity index (χ1n) is 13.8. The number of anilines is 3. The maximum absolute atomic E-state index is 12.7. The van der Waals surface area contributed by atoms with Crippen molar-refractivity contribution in [2.75, 3.05) is 54.9 Å². The van der Waals surface area contributed by atoms with Crippen molar-refractivity contribution in [2.24, 2.45) is 11.3 Å². The maximum Gasteiger partial charge on any atom is 0.573 e. The van der Waals surface area contributed by atoms with E-state index in [1.165, 1.54) is 23.5 Å². The Hall–Kier alpha value is -3.56. The molecule has 3 aliphatic rings. The highest BCUT2D eigenvalue weighted by molar-refractivity contribution is 7.19. The fraction of sp³-hybridized carbons (Fsp3) is 0.519. The Balaban J connectivity index is 0.900. The van der Waals surface area contributed by atoms with E-state index in [0.717, 1.165) is 56.9 Å². The number of nitrogens with zero attached hydrogens (tertiary/aromatic N) is 6. The van der Waals surface area contributed by atoms with Crippen LogP contribution in [-0.2, 0) is 16.1 Å². The summed E-state index contributed by atoms with van der Waals surface area (Å²) in [5.74, 6) is 0.935. The molecule has 3 saturated heterocycles. The molecule has 2 N–H and O–H groups in total. The molecule has 3 fully saturated rings. The van der Waals surface area contributed by atoms with E-state index in [0.29, 0.717) is 29.3 Å². The van der Waals surface area contributed by atoms with Crippen molar-refractivity contribution >= 4 is 33.3 Å². The third kappa shape index (κ3) is 7.25. The van der Waals surface area contributed by atoms with Gasteiger partial charge in [0.25, 0.3) is 0 Å². The number of rotatable bonds is 10. The Bertz CT molecular complexity index is 1370. The highest BCUT2D eigenvalue weighted by Crippen LogP contribution is 2.42. The molecule has 3 aliphatic heterocycles. The molecule has 5 heterocycles. The van der Waals surface area contributed by atoms with Gasteiger partial charge >= 0.3 is 6.36 Å². The molecule has 3 aromatic rings. The van der Waals surface area contributed by atoms with E-state index in [4.69, 9.17) is 4.74 Å². The van der Waals surface area contributed by atoms with Crippen molar-refractivity contribution in [1.82, 2.24) is 25.3 Å². The summed E-state index contributed by atoms with van der Waals surface area (Å²) >= 11 is 1.30. The van der Waals surface area contributed by atoms with Crippen LogP contribution in [0.2, 0.25) is 0 Å². The van der Waals surface area contributed by atoms with Gasteiger partial charge in [0.15, 0.2) is 5.82 Å². The minimum Gasteiger partial charge on any atom is -0.406 e. The maximum atomic E-state index is 12.7. The average Bonchev–Trinajstić information content (AvgIpc) is 3.68. The minimum absolute atomic E-state index is 0.0340. The predicted octanol–water partition coefficient (Wildman–Crippen LogP) is 3.78. The molecular weight excluding hydrogens is 573 g/mol. The smallest absolute Gasteiger partial charge is 0.406 e. The van der Waals surface area contributed by atoms with Gasteiger partial charge in [-0.25, -0.2) is 0 Å². The van der Waals surface area contributed by atoms with Gasteiger partial charge in [-0.1, -0.05) is 23.5 Å². The van der Waals surface area contributed by atoms with E-state index < -0.39 is 6.36 Å². The normalized spacial score (nSPS) is 21.8. The Kier molecular flexibility index (Phi) is 8.14. The molecule has 0 radical (unpaired) electrons. The van der Waals surface area contributed by atoms with Crippen LogP contribution in [0.1, 0.15) is 24.8 Å². The molecule has 2 aromatic heterocycles. The van der Waals surface area contributed by atoms with E-state index in [9.17, 15) is 18.0 Å². The van der Waals surface area contributed by atoms with Crippen molar-refractivity contribution < 1.29 is 27.4 Å². The fourth-order valence-electron chi connectivity index (χ4n) is 5.98. The summed E-state index contributed by atoms with van der Waals surface area (Å²) in [6.45, 7) is 5.17. The number of hydrogen-bond acceptors (Lipinski definition) is 11. The van der Waals surface area contributed by atoms with Crippen molar-refractivity contribution in [2.45, 2.75) is 38.3 Å². The lowest BCUT2D eigenvalue weighted by atomic mass is 9.77. The van der Waals surface area contributed by atoms with Crippen LogP contribution in [0.25, 0.3) is 0 Å². The second-order valence-electron chi connectivity index (χ2n) is 11.2. The highest BCUT2D eigenvalue weighted by Gasteiger charge is 2.49. The summed E-state index contributed by atoms with van der Waals surface area (Å²) in [5, 5.41) is 23.6. The van der Waals surface area contributed by atoms with Crippen molar-refractivity contribution in [1.29, 1.82) is 0 Å². The molecular formula is C27H31F3N8O3S. The van der Waals surface area contributed by atoms with E-state index in [2.05, 4.69) is 45.6 Å². The quantitative estimate of drug-likeness (QED) is 0.354. The Labute approximate surface area is 244 Å². The summed E-state index contributed by atoms with van der Waals surface area (Å²) in [7, 11) is 0. The number of benzene rings is 1. The van der Waals surface area contributed by atoms with Crippen LogP contribution in [0.5, 0.6) is 5.75 Å². The molecule has 6 rings (SSSR count). The van der Waals surface area contributed by atoms with E-state index >= 15 is 0 Å². The van der Waals surface area contributed by atoms with Crippen LogP contribution >= 0.6 is 11.3 Å². The first-order valence-corrected chi connectivity index (χ1v) is 14.6. The zero-order chi connectivity index (χ0) is 29.2. The summed E-state index contributed by atoms with van der Waals surface area (Å²) in [6, 6.07) is 9.89. The van der Waals surface area contributed by atoms with Crippen molar-refractivity contribution in [3.63, 3.8) is 0 Å². The molecule has 42 heavy (non-hydrogen) atoms. The molecule has 11 nitrogen and oxygen atoms in total. The molecule has 15 heteroatoms. The molecule has 0 aliphatic carbocycles. The van der Waals surface area contributed by atoms with Gasteiger partial charge in [0.05, 0.1) is 19.1 Å². The second kappa shape index (κ2) is 12.0. The summed E-state index contributed by atoms with van der Waals surface area (Å²) in [4.78, 5) is 17.1. The molecule has 1 aromatic carbocycles. The zero-order valence-electron chi connectivity index (χ0n) is 22.7. The molecule has 224 valence electrons. The Morgan fingerprint density at radius 3 is 2.83 bits per heavy atom. The van der Waals surface area contributed by atoms with E-state index in [-0.39, 0.29) is 29.6 Å². The van der Waals surface area contributed by atoms with Gasteiger partial charge < -0.3 is 25.0 Å². The number of hydrogen-bond donors (Lipinski definition) is 2. The van der Waals surface area contributed by atoms with Gasteiger partial charge in [-0.15, -0.1) is 28.5 Å². The molecule has 1 spiro atoms. The summed E-state index contributed by atoms with van der Waals surface area (Å²) in [6.07, 6.45) is -1.23. The van der Waals surface area contributed by atoms with E-state index in [1.54, 1.807) is 18.3 Å². The lowest BCUT2D eigenvalue weighted by Crippen LogP contribution is -2.56. The van der Waals surface area contributed by atoms with E-state index in [1.807, 2.05) is 12.1 Å². The number of aromatic nitrogens is 4. The van der Waals surface area contributed by atoms with Crippen LogP contribution in [-0.4, -0.2) is 83.0 Å². The monoisotopic (exact) mass is 604 g/mol. The second-order valence-corrected chi connectivity index (χ2v) is 12.2. The van der Waals surface area contributed by atoms with Gasteiger partial charge in [0, 0.05) is 50.9 Å². The largest absolute Gasteiger partial charge is 0.573 e. The van der Waals surface area contributed by atoms with Gasteiger partial charge in [-0.05, 0) is 48.6 Å². The minimum atomic E-state index is -4.71. The van der Waals surface area contributed by atoms with Crippen molar-refractivity contribution in [3.05, 3.63) is 48.2 Å². The summed E-state index contributed by atoms with van der Waals surface area (Å²) in [5.41, 5.74) is 0.716. The van der Waals surface area contributed by atoms with Gasteiger partial charge in [0.2, 0.25) is 16.2 Å². The molecule has 1 amide bonds. The topological polar surface area (TPSA) is 118 Å². The van der Waals surface area contributed by atoms with Crippen LogP contribution in [0, 0.1) is 11.3 Å². The lowest BCUT2D eigenvalue weighted by molar-refractivity contribution is -0.274.